The SMILES string of the molecule is CNCC(=O)OCC1c2ccccc2-c2ccccc21. The van der Waals surface area contributed by atoms with Crippen LogP contribution in [0.5, 0.6) is 0 Å². The van der Waals surface area contributed by atoms with E-state index in [1.807, 2.05) is 24.3 Å². The number of hydrogen-bond donors (Lipinski definition) is 1. The summed E-state index contributed by atoms with van der Waals surface area (Å²) in [5.41, 5.74) is 4.98. The van der Waals surface area contributed by atoms with Crippen molar-refractivity contribution in [2.24, 2.45) is 0 Å². The number of benzene rings is 2. The van der Waals surface area contributed by atoms with Crippen LogP contribution in [0.15, 0.2) is 48.5 Å². The van der Waals surface area contributed by atoms with Gasteiger partial charge in [0.05, 0.1) is 6.54 Å². The van der Waals surface area contributed by atoms with E-state index in [9.17, 15) is 4.79 Å². The highest BCUT2D eigenvalue weighted by atomic mass is 16.5. The summed E-state index contributed by atoms with van der Waals surface area (Å²) in [5.74, 6) is -0.0717. The third-order valence-electron chi connectivity index (χ3n) is 3.69. The molecular formula is C17H17NO2. The van der Waals surface area contributed by atoms with Gasteiger partial charge >= 0.3 is 5.97 Å². The van der Waals surface area contributed by atoms with Gasteiger partial charge in [-0.1, -0.05) is 48.5 Å². The van der Waals surface area contributed by atoms with Crippen molar-refractivity contribution in [1.82, 2.24) is 5.32 Å². The molecule has 0 aliphatic heterocycles. The van der Waals surface area contributed by atoms with Gasteiger partial charge in [0.1, 0.15) is 6.61 Å². The zero-order valence-corrected chi connectivity index (χ0v) is 11.4. The lowest BCUT2D eigenvalue weighted by Crippen LogP contribution is -2.22. The highest BCUT2D eigenvalue weighted by molar-refractivity contribution is 5.79. The zero-order valence-electron chi connectivity index (χ0n) is 11.4. The number of carbonyl (C=O) groups is 1. The van der Waals surface area contributed by atoms with Crippen molar-refractivity contribution in [1.29, 1.82) is 0 Å². The fourth-order valence-electron chi connectivity index (χ4n) is 2.81. The predicted octanol–water partition coefficient (Wildman–Crippen LogP) is 2.56. The average molecular weight is 267 g/mol. The van der Waals surface area contributed by atoms with Crippen LogP contribution in [0.1, 0.15) is 17.0 Å². The quantitative estimate of drug-likeness (QED) is 0.865. The highest BCUT2D eigenvalue weighted by Gasteiger charge is 2.28. The second-order valence-corrected chi connectivity index (χ2v) is 4.94. The Morgan fingerprint density at radius 2 is 1.60 bits per heavy atom. The first kappa shape index (κ1) is 12.9. The van der Waals surface area contributed by atoms with Crippen LogP contribution in [0.3, 0.4) is 0 Å². The van der Waals surface area contributed by atoms with E-state index in [4.69, 9.17) is 4.74 Å². The number of rotatable bonds is 4. The van der Waals surface area contributed by atoms with E-state index in [0.717, 1.165) is 0 Å². The molecule has 1 aliphatic carbocycles. The number of likely N-dealkylation sites (N-methyl/N-ethyl adjacent to an activating group) is 1. The largest absolute Gasteiger partial charge is 0.464 e. The van der Waals surface area contributed by atoms with Crippen molar-refractivity contribution in [2.45, 2.75) is 5.92 Å². The van der Waals surface area contributed by atoms with E-state index in [1.165, 1.54) is 22.3 Å². The molecule has 0 heterocycles. The number of hydrogen-bond acceptors (Lipinski definition) is 3. The number of carbonyl (C=O) groups excluding carboxylic acids is 1. The third kappa shape index (κ3) is 2.21. The number of nitrogens with one attached hydrogen (secondary N) is 1. The summed E-state index contributed by atoms with van der Waals surface area (Å²) in [7, 11) is 1.74. The lowest BCUT2D eigenvalue weighted by molar-refractivity contribution is -0.142. The smallest absolute Gasteiger partial charge is 0.319 e. The maximum absolute atomic E-state index is 11.5. The fourth-order valence-corrected chi connectivity index (χ4v) is 2.81. The summed E-state index contributed by atoms with van der Waals surface area (Å²) in [4.78, 5) is 11.5. The van der Waals surface area contributed by atoms with Crippen LogP contribution in [0.4, 0.5) is 0 Å². The van der Waals surface area contributed by atoms with Gasteiger partial charge in [-0.2, -0.15) is 0 Å². The Morgan fingerprint density at radius 1 is 1.05 bits per heavy atom. The molecule has 0 saturated carbocycles. The van der Waals surface area contributed by atoms with Crippen molar-refractivity contribution < 1.29 is 9.53 Å². The van der Waals surface area contributed by atoms with Gasteiger partial charge < -0.3 is 10.1 Å². The van der Waals surface area contributed by atoms with Crippen molar-refractivity contribution >= 4 is 5.97 Å². The first-order valence-electron chi connectivity index (χ1n) is 6.79. The van der Waals surface area contributed by atoms with E-state index in [-0.39, 0.29) is 18.4 Å². The molecule has 0 saturated heterocycles. The molecule has 1 aliphatic rings. The fraction of sp³-hybridized carbons (Fsp3) is 0.235. The minimum atomic E-state index is -0.214. The number of ether oxygens (including phenoxy) is 1. The van der Waals surface area contributed by atoms with Crippen LogP contribution < -0.4 is 5.32 Å². The summed E-state index contributed by atoms with van der Waals surface area (Å²) >= 11 is 0. The molecule has 0 radical (unpaired) electrons. The van der Waals surface area contributed by atoms with Crippen molar-refractivity contribution in [3.8, 4) is 11.1 Å². The van der Waals surface area contributed by atoms with E-state index in [1.54, 1.807) is 7.05 Å². The average Bonchev–Trinajstić information content (AvgIpc) is 2.80. The molecule has 1 N–H and O–H groups in total. The normalized spacial score (nSPS) is 12.8. The maximum Gasteiger partial charge on any atom is 0.319 e. The lowest BCUT2D eigenvalue weighted by Gasteiger charge is -2.14. The molecule has 0 atom stereocenters. The van der Waals surface area contributed by atoms with Crippen LogP contribution in [0.25, 0.3) is 11.1 Å². The van der Waals surface area contributed by atoms with Gasteiger partial charge in [0.15, 0.2) is 0 Å². The molecular weight excluding hydrogens is 250 g/mol. The van der Waals surface area contributed by atoms with E-state index >= 15 is 0 Å². The molecule has 0 bridgehead atoms. The van der Waals surface area contributed by atoms with E-state index in [0.29, 0.717) is 6.61 Å². The second-order valence-electron chi connectivity index (χ2n) is 4.94. The predicted molar refractivity (Wildman–Crippen MR) is 78.6 cm³/mol. The highest BCUT2D eigenvalue weighted by Crippen LogP contribution is 2.44. The molecule has 0 amide bonds. The minimum absolute atomic E-state index is 0.142. The Labute approximate surface area is 118 Å². The lowest BCUT2D eigenvalue weighted by atomic mass is 9.98. The zero-order chi connectivity index (χ0) is 13.9. The Morgan fingerprint density at radius 3 is 2.15 bits per heavy atom. The van der Waals surface area contributed by atoms with Crippen LogP contribution in [0, 0.1) is 0 Å². The van der Waals surface area contributed by atoms with E-state index < -0.39 is 0 Å². The molecule has 3 nitrogen and oxygen atoms in total. The van der Waals surface area contributed by atoms with Gasteiger partial charge in [-0.15, -0.1) is 0 Å². The molecule has 0 spiro atoms. The summed E-state index contributed by atoms with van der Waals surface area (Å²) in [6.07, 6.45) is 0. The molecule has 3 rings (SSSR count). The first-order valence-corrected chi connectivity index (χ1v) is 6.79. The number of fused-ring (bicyclic) bond motifs is 3. The number of esters is 1. The van der Waals surface area contributed by atoms with Crippen molar-refractivity contribution in [2.75, 3.05) is 20.2 Å². The summed E-state index contributed by atoms with van der Waals surface area (Å²) in [6, 6.07) is 16.7. The van der Waals surface area contributed by atoms with Gasteiger partial charge in [0.25, 0.3) is 0 Å². The Bertz CT molecular complexity index is 591. The van der Waals surface area contributed by atoms with Gasteiger partial charge in [0.2, 0.25) is 0 Å². The topological polar surface area (TPSA) is 38.3 Å². The monoisotopic (exact) mass is 267 g/mol. The van der Waals surface area contributed by atoms with E-state index in [2.05, 4.69) is 29.6 Å². The van der Waals surface area contributed by atoms with Gasteiger partial charge in [-0.25, -0.2) is 0 Å². The van der Waals surface area contributed by atoms with Crippen molar-refractivity contribution in [3.63, 3.8) is 0 Å². The van der Waals surface area contributed by atoms with Crippen LogP contribution in [-0.2, 0) is 9.53 Å². The Balaban J connectivity index is 1.89. The van der Waals surface area contributed by atoms with Gasteiger partial charge in [-0.3, -0.25) is 4.79 Å². The molecule has 3 heteroatoms. The minimum Gasteiger partial charge on any atom is -0.464 e. The summed E-state index contributed by atoms with van der Waals surface area (Å²) in [6.45, 7) is 0.643. The molecule has 0 aromatic heterocycles. The molecule has 0 unspecified atom stereocenters. The first-order chi connectivity index (χ1) is 9.81. The Kier molecular flexibility index (Phi) is 3.52. The van der Waals surface area contributed by atoms with Crippen LogP contribution >= 0.6 is 0 Å². The third-order valence-corrected chi connectivity index (χ3v) is 3.69. The molecule has 0 fully saturated rings. The summed E-state index contributed by atoms with van der Waals surface area (Å²) < 4.78 is 5.38. The molecule has 2 aromatic rings. The van der Waals surface area contributed by atoms with Crippen molar-refractivity contribution in [3.05, 3.63) is 59.7 Å². The van der Waals surface area contributed by atoms with Crippen LogP contribution in [-0.4, -0.2) is 26.2 Å². The van der Waals surface area contributed by atoms with Crippen LogP contribution in [0.2, 0.25) is 0 Å². The molecule has 20 heavy (non-hydrogen) atoms. The Hall–Kier alpha value is -2.13. The van der Waals surface area contributed by atoms with Gasteiger partial charge in [-0.05, 0) is 29.3 Å². The maximum atomic E-state index is 11.5. The summed E-state index contributed by atoms with van der Waals surface area (Å²) in [5, 5.41) is 2.81. The molecule has 102 valence electrons. The molecule has 2 aromatic carbocycles. The van der Waals surface area contributed by atoms with Gasteiger partial charge in [0, 0.05) is 5.92 Å². The second kappa shape index (κ2) is 5.47. The standard InChI is InChI=1S/C17H17NO2/c1-18-10-17(19)20-11-16-14-8-4-2-6-12(14)13-7-3-5-9-15(13)16/h2-9,16,18H,10-11H2,1H3.